The number of unbranched alkanes of at least 4 members (excludes halogenated alkanes) is 1. The Balaban J connectivity index is 0.00000408. The van der Waals surface area contributed by atoms with Crippen LogP contribution in [-0.2, 0) is 22.4 Å². The molecule has 3 rings (SSSR count). The molecule has 0 radical (unpaired) electrons. The Bertz CT molecular complexity index is 903. The minimum Gasteiger partial charge on any atom is -0.491 e. The van der Waals surface area contributed by atoms with Crippen LogP contribution in [0.15, 0.2) is 54.6 Å². The van der Waals surface area contributed by atoms with Crippen molar-refractivity contribution in [3.8, 4) is 5.75 Å². The standard InChI is InChI=1S/C27H36N2O4.H2O/c1-27(19-25(30)31)18-23(20-33-24-14-12-22(13-15-24)10-5-6-16-28)29(26(27)32)17-7-11-21-8-3-2-4-9-21;/h2-4,8-9,12-15,23H,5-7,10-11,16-20,28H2,1H3,(H,30,31);1H2. The van der Waals surface area contributed by atoms with E-state index in [2.05, 4.69) is 24.3 Å². The summed E-state index contributed by atoms with van der Waals surface area (Å²) in [6.07, 6.45) is 5.11. The number of nitrogens with zero attached hydrogens (tertiary/aromatic N) is 1. The molecule has 1 aliphatic heterocycles. The summed E-state index contributed by atoms with van der Waals surface area (Å²) in [7, 11) is 0. The van der Waals surface area contributed by atoms with Crippen LogP contribution in [0, 0.1) is 5.41 Å². The largest absolute Gasteiger partial charge is 0.491 e. The number of aliphatic carboxylic acids is 1. The van der Waals surface area contributed by atoms with Crippen LogP contribution in [0.25, 0.3) is 0 Å². The van der Waals surface area contributed by atoms with Crippen LogP contribution in [0.5, 0.6) is 5.75 Å². The first kappa shape index (κ1) is 27.3. The molecule has 186 valence electrons. The van der Waals surface area contributed by atoms with Gasteiger partial charge in [0.05, 0.1) is 17.9 Å². The van der Waals surface area contributed by atoms with Gasteiger partial charge in [-0.2, -0.15) is 0 Å². The van der Waals surface area contributed by atoms with Crippen LogP contribution < -0.4 is 10.5 Å². The van der Waals surface area contributed by atoms with Crippen molar-refractivity contribution in [1.82, 2.24) is 4.90 Å². The SMILES string of the molecule is CC1(CC(=O)O)CC(COc2ccc(CCCCN)cc2)N(CCCc2ccccc2)C1=O.O. The monoisotopic (exact) mass is 470 g/mol. The van der Waals surface area contributed by atoms with E-state index in [0.29, 0.717) is 26.1 Å². The van der Waals surface area contributed by atoms with Gasteiger partial charge in [-0.1, -0.05) is 49.4 Å². The van der Waals surface area contributed by atoms with Gasteiger partial charge in [-0.25, -0.2) is 0 Å². The molecule has 0 saturated carbocycles. The first-order chi connectivity index (χ1) is 15.9. The first-order valence-corrected chi connectivity index (χ1v) is 11.9. The molecule has 5 N–H and O–H groups in total. The lowest BCUT2D eigenvalue weighted by Crippen LogP contribution is -2.39. The van der Waals surface area contributed by atoms with Crippen molar-refractivity contribution in [3.63, 3.8) is 0 Å². The molecular weight excluding hydrogens is 432 g/mol. The van der Waals surface area contributed by atoms with Crippen LogP contribution >= 0.6 is 0 Å². The third-order valence-corrected chi connectivity index (χ3v) is 6.44. The second-order valence-electron chi connectivity index (χ2n) is 9.28. The van der Waals surface area contributed by atoms with E-state index in [4.69, 9.17) is 10.5 Å². The number of amides is 1. The van der Waals surface area contributed by atoms with Crippen molar-refractivity contribution < 1.29 is 24.9 Å². The second kappa shape index (κ2) is 13.1. The molecular formula is C27H38N2O5. The molecule has 0 aliphatic carbocycles. The van der Waals surface area contributed by atoms with Gasteiger partial charge in [0.25, 0.3) is 0 Å². The highest BCUT2D eigenvalue weighted by Gasteiger charge is 2.49. The number of aryl methyl sites for hydroxylation is 2. The fraction of sp³-hybridized carbons (Fsp3) is 0.481. The van der Waals surface area contributed by atoms with Crippen LogP contribution in [0.1, 0.15) is 50.2 Å². The number of hydrogen-bond acceptors (Lipinski definition) is 4. The molecule has 0 spiro atoms. The van der Waals surface area contributed by atoms with Gasteiger partial charge < -0.3 is 26.0 Å². The lowest BCUT2D eigenvalue weighted by Gasteiger charge is -2.25. The third-order valence-electron chi connectivity index (χ3n) is 6.44. The van der Waals surface area contributed by atoms with Crippen molar-refractivity contribution in [2.24, 2.45) is 11.1 Å². The summed E-state index contributed by atoms with van der Waals surface area (Å²) in [5.74, 6) is -0.259. The van der Waals surface area contributed by atoms with E-state index in [-0.39, 0.29) is 23.8 Å². The van der Waals surface area contributed by atoms with Crippen molar-refractivity contribution in [1.29, 1.82) is 0 Å². The van der Waals surface area contributed by atoms with E-state index < -0.39 is 11.4 Å². The highest BCUT2D eigenvalue weighted by molar-refractivity contribution is 5.88. The van der Waals surface area contributed by atoms with Gasteiger partial charge in [-0.05, 0) is 68.3 Å². The first-order valence-electron chi connectivity index (χ1n) is 11.9. The third kappa shape index (κ3) is 7.57. The number of likely N-dealkylation sites (tertiary alicyclic amines) is 1. The van der Waals surface area contributed by atoms with Gasteiger partial charge >= 0.3 is 5.97 Å². The van der Waals surface area contributed by atoms with E-state index >= 15 is 0 Å². The number of ether oxygens (including phenoxy) is 1. The van der Waals surface area contributed by atoms with Gasteiger partial charge in [0.2, 0.25) is 5.91 Å². The van der Waals surface area contributed by atoms with Gasteiger partial charge in [0.15, 0.2) is 0 Å². The lowest BCUT2D eigenvalue weighted by atomic mass is 9.84. The Hall–Kier alpha value is -2.90. The van der Waals surface area contributed by atoms with E-state index in [1.54, 1.807) is 6.92 Å². The maximum absolute atomic E-state index is 13.2. The number of carbonyl (C=O) groups excluding carboxylic acids is 1. The molecule has 0 aromatic heterocycles. The Morgan fingerprint density at radius 3 is 2.35 bits per heavy atom. The predicted molar refractivity (Wildman–Crippen MR) is 133 cm³/mol. The van der Waals surface area contributed by atoms with Crippen LogP contribution in [0.2, 0.25) is 0 Å². The summed E-state index contributed by atoms with van der Waals surface area (Å²) in [6.45, 7) is 3.43. The Morgan fingerprint density at radius 2 is 1.71 bits per heavy atom. The summed E-state index contributed by atoms with van der Waals surface area (Å²) in [5.41, 5.74) is 7.16. The second-order valence-corrected chi connectivity index (χ2v) is 9.28. The number of carboxylic acids is 1. The van der Waals surface area contributed by atoms with Crippen molar-refractivity contribution >= 4 is 11.9 Å². The number of carbonyl (C=O) groups is 2. The zero-order valence-electron chi connectivity index (χ0n) is 20.0. The van der Waals surface area contributed by atoms with Gasteiger partial charge in [0.1, 0.15) is 12.4 Å². The number of benzene rings is 2. The molecule has 1 aliphatic rings. The average Bonchev–Trinajstić information content (AvgIpc) is 3.03. The summed E-state index contributed by atoms with van der Waals surface area (Å²) >= 11 is 0. The van der Waals surface area contributed by atoms with Crippen molar-refractivity contribution in [3.05, 3.63) is 65.7 Å². The molecule has 0 bridgehead atoms. The van der Waals surface area contributed by atoms with Crippen molar-refractivity contribution in [2.75, 3.05) is 19.7 Å². The lowest BCUT2D eigenvalue weighted by molar-refractivity contribution is -0.146. The van der Waals surface area contributed by atoms with Gasteiger partial charge in [-0.3, -0.25) is 9.59 Å². The normalized spacial score (nSPS) is 19.6. The summed E-state index contributed by atoms with van der Waals surface area (Å²) in [5, 5.41) is 9.36. The zero-order chi connectivity index (χ0) is 23.7. The highest BCUT2D eigenvalue weighted by atomic mass is 16.5. The molecule has 1 saturated heterocycles. The minimum absolute atomic E-state index is 0. The van der Waals surface area contributed by atoms with E-state index in [1.807, 2.05) is 35.2 Å². The van der Waals surface area contributed by atoms with Crippen LogP contribution in [0.4, 0.5) is 0 Å². The fourth-order valence-electron chi connectivity index (χ4n) is 4.66. The molecule has 2 aromatic rings. The van der Waals surface area contributed by atoms with Gasteiger partial charge in [0, 0.05) is 6.54 Å². The molecule has 1 heterocycles. The quantitative estimate of drug-likeness (QED) is 0.435. The molecule has 1 fully saturated rings. The topological polar surface area (TPSA) is 124 Å². The van der Waals surface area contributed by atoms with E-state index in [9.17, 15) is 14.7 Å². The maximum Gasteiger partial charge on any atom is 0.304 e. The highest BCUT2D eigenvalue weighted by Crippen LogP contribution is 2.39. The van der Waals surface area contributed by atoms with Gasteiger partial charge in [-0.15, -0.1) is 0 Å². The number of carboxylic acid groups (broad SMARTS) is 1. The van der Waals surface area contributed by atoms with Crippen LogP contribution in [0.3, 0.4) is 0 Å². The summed E-state index contributed by atoms with van der Waals surface area (Å²) < 4.78 is 6.05. The Morgan fingerprint density at radius 1 is 1.06 bits per heavy atom. The number of nitrogens with two attached hydrogens (primary N) is 1. The molecule has 1 amide bonds. The van der Waals surface area contributed by atoms with Crippen LogP contribution in [-0.4, -0.2) is 53.1 Å². The molecule has 2 unspecified atom stereocenters. The predicted octanol–water partition coefficient (Wildman–Crippen LogP) is 3.24. The number of hydrogen-bond donors (Lipinski definition) is 2. The maximum atomic E-state index is 13.2. The Kier molecular flexibility index (Phi) is 10.5. The summed E-state index contributed by atoms with van der Waals surface area (Å²) in [4.78, 5) is 26.5. The summed E-state index contributed by atoms with van der Waals surface area (Å²) in [6, 6.07) is 18.1. The van der Waals surface area contributed by atoms with E-state index in [1.165, 1.54) is 11.1 Å². The molecule has 7 heteroatoms. The average molecular weight is 471 g/mol. The zero-order valence-corrected chi connectivity index (χ0v) is 20.0. The molecule has 2 atom stereocenters. The molecule has 2 aromatic carbocycles. The molecule has 7 nitrogen and oxygen atoms in total. The van der Waals surface area contributed by atoms with Crippen molar-refractivity contribution in [2.45, 2.75) is 57.9 Å². The fourth-order valence-corrected chi connectivity index (χ4v) is 4.66. The minimum atomic E-state index is -0.943. The van der Waals surface area contributed by atoms with E-state index in [0.717, 1.165) is 37.9 Å². The number of rotatable bonds is 13. The smallest absolute Gasteiger partial charge is 0.304 e. The Labute approximate surface area is 202 Å². The molecule has 34 heavy (non-hydrogen) atoms.